The molecular formula is C23H17F3N4O3S. The fraction of sp³-hybridized carbons (Fsp3) is 0.217. The van der Waals surface area contributed by atoms with E-state index >= 15 is 0 Å². The number of ether oxygens (including phenoxy) is 1. The largest absolute Gasteiger partial charge is 0.481 e. The van der Waals surface area contributed by atoms with E-state index in [1.54, 1.807) is 12.4 Å². The molecule has 34 heavy (non-hydrogen) atoms. The van der Waals surface area contributed by atoms with E-state index in [4.69, 9.17) is 4.74 Å². The summed E-state index contributed by atoms with van der Waals surface area (Å²) in [5, 5.41) is 12.8. The van der Waals surface area contributed by atoms with Crippen molar-refractivity contribution in [3.63, 3.8) is 0 Å². The number of carboxylic acids is 1. The molecule has 2 N–H and O–H groups in total. The molecule has 0 aliphatic heterocycles. The van der Waals surface area contributed by atoms with Gasteiger partial charge in [-0.2, -0.15) is 13.2 Å². The Hall–Kier alpha value is -3.73. The second-order valence-electron chi connectivity index (χ2n) is 8.03. The van der Waals surface area contributed by atoms with Crippen LogP contribution < -0.4 is 10.1 Å². The second-order valence-corrected chi connectivity index (χ2v) is 9.06. The number of rotatable bonds is 7. The first-order chi connectivity index (χ1) is 16.2. The molecule has 0 bridgehead atoms. The average Bonchev–Trinajstić information content (AvgIpc) is 3.51. The highest BCUT2D eigenvalue weighted by Crippen LogP contribution is 2.46. The molecule has 2 aromatic heterocycles. The van der Waals surface area contributed by atoms with Crippen molar-refractivity contribution in [1.82, 2.24) is 15.0 Å². The van der Waals surface area contributed by atoms with Crippen LogP contribution in [0.2, 0.25) is 0 Å². The minimum Gasteiger partial charge on any atom is -0.481 e. The highest BCUT2D eigenvalue weighted by molar-refractivity contribution is 7.22. The van der Waals surface area contributed by atoms with Gasteiger partial charge in [0.05, 0.1) is 15.8 Å². The Morgan fingerprint density at radius 2 is 1.79 bits per heavy atom. The van der Waals surface area contributed by atoms with Crippen LogP contribution in [0.4, 0.5) is 24.0 Å². The molecule has 1 aliphatic carbocycles. The lowest BCUT2D eigenvalue weighted by Crippen LogP contribution is -2.23. The molecule has 0 spiro atoms. The zero-order chi connectivity index (χ0) is 23.9. The molecule has 0 unspecified atom stereocenters. The summed E-state index contributed by atoms with van der Waals surface area (Å²) in [4.78, 5) is 23.9. The van der Waals surface area contributed by atoms with Gasteiger partial charge >= 0.3 is 18.2 Å². The number of benzene rings is 2. The number of hydrogen-bond donors (Lipinski definition) is 2. The summed E-state index contributed by atoms with van der Waals surface area (Å²) in [6.07, 6.45) is -0.0277. The molecule has 0 atom stereocenters. The summed E-state index contributed by atoms with van der Waals surface area (Å²) in [5.74, 6) is -0.866. The number of thiazole rings is 1. The van der Waals surface area contributed by atoms with E-state index in [-0.39, 0.29) is 12.6 Å². The number of anilines is 2. The predicted molar refractivity (Wildman–Crippen MR) is 120 cm³/mol. The van der Waals surface area contributed by atoms with Gasteiger partial charge in [-0.25, -0.2) is 15.0 Å². The first-order valence-electron chi connectivity index (χ1n) is 10.3. The summed E-state index contributed by atoms with van der Waals surface area (Å²) in [5.41, 5.74) is 1.30. The highest BCUT2D eigenvalue weighted by Gasteiger charge is 2.51. The first kappa shape index (κ1) is 22.1. The number of carbonyl (C=O) groups is 1. The number of fused-ring (bicyclic) bond motifs is 1. The Labute approximate surface area is 195 Å². The van der Waals surface area contributed by atoms with Gasteiger partial charge in [0, 0.05) is 23.6 Å². The monoisotopic (exact) mass is 486 g/mol. The van der Waals surface area contributed by atoms with E-state index in [2.05, 4.69) is 20.3 Å². The fourth-order valence-corrected chi connectivity index (χ4v) is 4.26. The van der Waals surface area contributed by atoms with Crippen molar-refractivity contribution in [1.29, 1.82) is 0 Å². The van der Waals surface area contributed by atoms with Crippen LogP contribution in [0.15, 0.2) is 54.9 Å². The Morgan fingerprint density at radius 3 is 2.41 bits per heavy atom. The van der Waals surface area contributed by atoms with E-state index in [0.29, 0.717) is 28.2 Å². The number of hydrogen-bond acceptors (Lipinski definition) is 7. The normalized spacial score (nSPS) is 14.7. The van der Waals surface area contributed by atoms with Gasteiger partial charge in [0.2, 0.25) is 0 Å². The first-order valence-corrected chi connectivity index (χ1v) is 11.1. The lowest BCUT2D eigenvalue weighted by Gasteiger charge is -2.10. The van der Waals surface area contributed by atoms with Crippen molar-refractivity contribution in [3.8, 4) is 17.1 Å². The molecular weight excluding hydrogens is 469 g/mol. The van der Waals surface area contributed by atoms with Gasteiger partial charge in [-0.1, -0.05) is 23.5 Å². The number of carboxylic acid groups (broad SMARTS) is 1. The summed E-state index contributed by atoms with van der Waals surface area (Å²) in [7, 11) is 0. The van der Waals surface area contributed by atoms with Gasteiger partial charge in [-0.3, -0.25) is 4.79 Å². The quantitative estimate of drug-likeness (QED) is 0.343. The van der Waals surface area contributed by atoms with Crippen LogP contribution in [0, 0.1) is 5.41 Å². The lowest BCUT2D eigenvalue weighted by molar-refractivity contribution is -0.144. The Bertz CT molecular complexity index is 1350. The molecule has 1 fully saturated rings. The van der Waals surface area contributed by atoms with Crippen LogP contribution in [0.5, 0.6) is 6.01 Å². The van der Waals surface area contributed by atoms with Crippen LogP contribution in [0.25, 0.3) is 21.3 Å². The average molecular weight is 486 g/mol. The Morgan fingerprint density at radius 1 is 1.09 bits per heavy atom. The zero-order valence-corrected chi connectivity index (χ0v) is 18.3. The van der Waals surface area contributed by atoms with E-state index < -0.39 is 23.1 Å². The van der Waals surface area contributed by atoms with Gasteiger partial charge in [0.1, 0.15) is 12.0 Å². The SMILES string of the molecule is O=C(O)C1(COc2ncc(-c3ccc(Nc4nc5ccc(C(F)(F)F)cc5s4)cc3)cn2)CC1. The second kappa shape index (κ2) is 8.24. The van der Waals surface area contributed by atoms with E-state index in [9.17, 15) is 23.1 Å². The lowest BCUT2D eigenvalue weighted by atomic mass is 10.1. The maximum absolute atomic E-state index is 12.9. The summed E-state index contributed by atoms with van der Waals surface area (Å²) in [6.45, 7) is 0.0470. The molecule has 2 heterocycles. The van der Waals surface area contributed by atoms with Gasteiger partial charge in [0.25, 0.3) is 0 Å². The zero-order valence-electron chi connectivity index (χ0n) is 17.5. The molecule has 11 heteroatoms. The van der Waals surface area contributed by atoms with E-state index in [1.807, 2.05) is 24.3 Å². The third kappa shape index (κ3) is 4.51. The van der Waals surface area contributed by atoms with Crippen LogP contribution in [0.3, 0.4) is 0 Å². The molecule has 0 radical (unpaired) electrons. The Kier molecular flexibility index (Phi) is 5.35. The molecule has 0 saturated heterocycles. The summed E-state index contributed by atoms with van der Waals surface area (Å²) in [6, 6.07) is 10.9. The molecule has 7 nitrogen and oxygen atoms in total. The number of alkyl halides is 3. The van der Waals surface area contributed by atoms with Crippen molar-refractivity contribution in [2.45, 2.75) is 19.0 Å². The number of aliphatic carboxylic acids is 1. The number of aromatic nitrogens is 3. The van der Waals surface area contributed by atoms with Crippen molar-refractivity contribution in [3.05, 3.63) is 60.4 Å². The number of nitrogens with one attached hydrogen (secondary N) is 1. The van der Waals surface area contributed by atoms with Crippen LogP contribution in [0.1, 0.15) is 18.4 Å². The minimum absolute atomic E-state index is 0.0470. The topological polar surface area (TPSA) is 97.2 Å². The number of halogens is 3. The third-order valence-electron chi connectivity index (χ3n) is 5.60. The van der Waals surface area contributed by atoms with E-state index in [0.717, 1.165) is 40.3 Å². The Balaban J connectivity index is 1.24. The van der Waals surface area contributed by atoms with Gasteiger partial charge < -0.3 is 15.2 Å². The molecule has 1 saturated carbocycles. The van der Waals surface area contributed by atoms with Gasteiger partial charge in [0.15, 0.2) is 5.13 Å². The van der Waals surface area contributed by atoms with Crippen molar-refractivity contribution < 1.29 is 27.8 Å². The van der Waals surface area contributed by atoms with Crippen LogP contribution in [-0.2, 0) is 11.0 Å². The molecule has 2 aromatic carbocycles. The van der Waals surface area contributed by atoms with Gasteiger partial charge in [-0.15, -0.1) is 0 Å². The van der Waals surface area contributed by atoms with E-state index in [1.165, 1.54) is 6.07 Å². The molecule has 4 aromatic rings. The smallest absolute Gasteiger partial charge is 0.416 e. The highest BCUT2D eigenvalue weighted by atomic mass is 32.1. The van der Waals surface area contributed by atoms with Crippen molar-refractivity contribution >= 4 is 38.3 Å². The standard InChI is InChI=1S/C23H17F3N4O3S/c24-23(25,26)15-3-6-17-18(9-15)34-21(30-17)29-16-4-1-13(2-5-16)14-10-27-20(28-11-14)33-12-22(7-8-22)19(31)32/h1-6,9-11H,7-8,12H2,(H,29,30)(H,31,32). The summed E-state index contributed by atoms with van der Waals surface area (Å²) < 4.78 is 44.6. The van der Waals surface area contributed by atoms with Crippen LogP contribution in [-0.4, -0.2) is 32.6 Å². The molecule has 0 amide bonds. The van der Waals surface area contributed by atoms with Gasteiger partial charge in [-0.05, 0) is 48.7 Å². The molecule has 174 valence electrons. The maximum atomic E-state index is 12.9. The molecule has 5 rings (SSSR count). The fourth-order valence-electron chi connectivity index (χ4n) is 3.34. The van der Waals surface area contributed by atoms with Crippen LogP contribution >= 0.6 is 11.3 Å². The van der Waals surface area contributed by atoms with Crippen molar-refractivity contribution in [2.24, 2.45) is 5.41 Å². The third-order valence-corrected chi connectivity index (χ3v) is 6.53. The minimum atomic E-state index is -4.40. The number of nitrogens with zero attached hydrogens (tertiary/aromatic N) is 3. The molecule has 1 aliphatic rings. The predicted octanol–water partition coefficient (Wildman–Crippen LogP) is 5.76. The maximum Gasteiger partial charge on any atom is 0.416 e. The van der Waals surface area contributed by atoms with Crippen molar-refractivity contribution in [2.75, 3.05) is 11.9 Å². The summed E-state index contributed by atoms with van der Waals surface area (Å²) >= 11 is 1.14.